The van der Waals surface area contributed by atoms with Crippen molar-refractivity contribution in [1.82, 2.24) is 0 Å². The molecule has 0 bridgehead atoms. The van der Waals surface area contributed by atoms with Crippen molar-refractivity contribution in [1.29, 1.82) is 0 Å². The van der Waals surface area contributed by atoms with Gasteiger partial charge in [0.05, 0.1) is 0 Å². The lowest BCUT2D eigenvalue weighted by Crippen LogP contribution is -2.30. The summed E-state index contributed by atoms with van der Waals surface area (Å²) in [6.45, 7) is 6.99. The van der Waals surface area contributed by atoms with Crippen molar-refractivity contribution in [3.8, 4) is 0 Å². The molecule has 0 N–H and O–H groups in total. The first-order valence-corrected chi connectivity index (χ1v) is 7.05. The molecule has 2 nitrogen and oxygen atoms in total. The maximum Gasteiger partial charge on any atom is 0.334 e. The van der Waals surface area contributed by atoms with E-state index >= 15 is 0 Å². The molecule has 1 atom stereocenters. The number of halogens is 1. The average Bonchev–Trinajstić information content (AvgIpc) is 2.93. The molecule has 0 aliphatic rings. The third-order valence-electron chi connectivity index (χ3n) is 3.11. The Kier molecular flexibility index (Phi) is 4.04. The largest absolute Gasteiger partial charge is 0.446 e. The van der Waals surface area contributed by atoms with E-state index in [-0.39, 0.29) is 5.82 Å². The first kappa shape index (κ1) is 14.5. The van der Waals surface area contributed by atoms with E-state index in [9.17, 15) is 9.18 Å². The van der Waals surface area contributed by atoms with Gasteiger partial charge in [-0.05, 0) is 42.8 Å². The standard InChI is InChI=1S/C16H15FO2S/c1-11(2)15(18)19-16(3,13-8-9-20-10-13)12-4-6-14(17)7-5-12/h4-10H,1H2,2-3H3. The van der Waals surface area contributed by atoms with Crippen molar-refractivity contribution in [3.05, 3.63) is 70.2 Å². The summed E-state index contributed by atoms with van der Waals surface area (Å²) in [4.78, 5) is 11.9. The zero-order valence-corrected chi connectivity index (χ0v) is 12.2. The van der Waals surface area contributed by atoms with Crippen LogP contribution in [0.2, 0.25) is 0 Å². The highest BCUT2D eigenvalue weighted by Crippen LogP contribution is 2.35. The second-order valence-corrected chi connectivity index (χ2v) is 5.50. The lowest BCUT2D eigenvalue weighted by Gasteiger charge is -2.29. The fourth-order valence-electron chi connectivity index (χ4n) is 1.86. The number of carbonyl (C=O) groups excluding carboxylic acids is 1. The van der Waals surface area contributed by atoms with E-state index in [2.05, 4.69) is 6.58 Å². The maximum atomic E-state index is 13.1. The van der Waals surface area contributed by atoms with Gasteiger partial charge in [0.1, 0.15) is 5.82 Å². The van der Waals surface area contributed by atoms with Gasteiger partial charge < -0.3 is 4.74 Å². The Morgan fingerprint density at radius 1 is 1.25 bits per heavy atom. The number of carbonyl (C=O) groups is 1. The summed E-state index contributed by atoms with van der Waals surface area (Å²) in [6.07, 6.45) is 0. The van der Waals surface area contributed by atoms with Crippen molar-refractivity contribution in [2.75, 3.05) is 0 Å². The van der Waals surface area contributed by atoms with Gasteiger partial charge in [0.2, 0.25) is 0 Å². The van der Waals surface area contributed by atoms with Crippen LogP contribution in [0.25, 0.3) is 0 Å². The lowest BCUT2D eigenvalue weighted by atomic mass is 9.89. The Morgan fingerprint density at radius 3 is 2.40 bits per heavy atom. The molecule has 20 heavy (non-hydrogen) atoms. The molecule has 1 aromatic carbocycles. The van der Waals surface area contributed by atoms with Crippen molar-refractivity contribution < 1.29 is 13.9 Å². The van der Waals surface area contributed by atoms with Crippen LogP contribution in [0.3, 0.4) is 0 Å². The molecule has 0 fully saturated rings. The highest BCUT2D eigenvalue weighted by molar-refractivity contribution is 7.08. The maximum absolute atomic E-state index is 13.1. The molecular weight excluding hydrogens is 275 g/mol. The van der Waals surface area contributed by atoms with Crippen molar-refractivity contribution in [3.63, 3.8) is 0 Å². The first-order chi connectivity index (χ1) is 9.43. The Balaban J connectivity index is 2.46. The third kappa shape index (κ3) is 2.80. The molecule has 0 aliphatic carbocycles. The monoisotopic (exact) mass is 290 g/mol. The smallest absolute Gasteiger partial charge is 0.334 e. The predicted molar refractivity (Wildman–Crippen MR) is 78.1 cm³/mol. The molecule has 104 valence electrons. The Morgan fingerprint density at radius 2 is 1.90 bits per heavy atom. The van der Waals surface area contributed by atoms with Crippen molar-refractivity contribution in [2.24, 2.45) is 0 Å². The number of thiophene rings is 1. The van der Waals surface area contributed by atoms with Gasteiger partial charge in [0, 0.05) is 16.7 Å². The zero-order chi connectivity index (χ0) is 14.8. The Labute approximate surface area is 121 Å². The summed E-state index contributed by atoms with van der Waals surface area (Å²) < 4.78 is 18.7. The topological polar surface area (TPSA) is 26.3 Å². The average molecular weight is 290 g/mol. The number of benzene rings is 1. The van der Waals surface area contributed by atoms with Gasteiger partial charge in [-0.15, -0.1) is 0 Å². The molecule has 1 aromatic heterocycles. The van der Waals surface area contributed by atoms with Gasteiger partial charge >= 0.3 is 5.97 Å². The summed E-state index contributed by atoms with van der Waals surface area (Å²) in [5.74, 6) is -0.796. The van der Waals surface area contributed by atoms with Crippen LogP contribution in [0.1, 0.15) is 25.0 Å². The molecule has 2 rings (SSSR count). The molecule has 0 radical (unpaired) electrons. The zero-order valence-electron chi connectivity index (χ0n) is 11.4. The fraction of sp³-hybridized carbons (Fsp3) is 0.188. The molecule has 0 saturated carbocycles. The molecule has 1 heterocycles. The van der Waals surface area contributed by atoms with Gasteiger partial charge in [-0.1, -0.05) is 18.7 Å². The van der Waals surface area contributed by atoms with Crippen molar-refractivity contribution >= 4 is 17.3 Å². The normalized spacial score (nSPS) is 13.6. The van der Waals surface area contributed by atoms with E-state index in [1.54, 1.807) is 26.0 Å². The quantitative estimate of drug-likeness (QED) is 0.621. The van der Waals surface area contributed by atoms with Gasteiger partial charge in [0.25, 0.3) is 0 Å². The number of rotatable bonds is 4. The van der Waals surface area contributed by atoms with E-state index < -0.39 is 11.6 Å². The van der Waals surface area contributed by atoms with Crippen LogP contribution >= 0.6 is 11.3 Å². The number of esters is 1. The molecule has 4 heteroatoms. The first-order valence-electron chi connectivity index (χ1n) is 6.11. The van der Waals surface area contributed by atoms with E-state index in [0.29, 0.717) is 11.1 Å². The molecular formula is C16H15FO2S. The summed E-state index contributed by atoms with van der Waals surface area (Å²) in [7, 11) is 0. The predicted octanol–water partition coefficient (Wildman–Crippen LogP) is 4.27. The number of hydrogen-bond acceptors (Lipinski definition) is 3. The van der Waals surface area contributed by atoms with E-state index in [1.165, 1.54) is 23.5 Å². The van der Waals surface area contributed by atoms with E-state index in [0.717, 1.165) is 5.56 Å². The Bertz CT molecular complexity index is 616. The van der Waals surface area contributed by atoms with Gasteiger partial charge in [0.15, 0.2) is 5.60 Å². The highest BCUT2D eigenvalue weighted by atomic mass is 32.1. The summed E-state index contributed by atoms with van der Waals surface area (Å²) in [5.41, 5.74) is 0.938. The minimum Gasteiger partial charge on any atom is -0.446 e. The van der Waals surface area contributed by atoms with Crippen LogP contribution in [0.5, 0.6) is 0 Å². The highest BCUT2D eigenvalue weighted by Gasteiger charge is 2.33. The van der Waals surface area contributed by atoms with Crippen LogP contribution in [0.15, 0.2) is 53.2 Å². The van der Waals surface area contributed by atoms with Gasteiger partial charge in [-0.25, -0.2) is 9.18 Å². The van der Waals surface area contributed by atoms with Crippen LogP contribution in [-0.4, -0.2) is 5.97 Å². The minimum atomic E-state index is -0.955. The summed E-state index contributed by atoms with van der Waals surface area (Å²) in [5, 5.41) is 3.82. The number of ether oxygens (including phenoxy) is 1. The van der Waals surface area contributed by atoms with Gasteiger partial charge in [-0.2, -0.15) is 11.3 Å². The summed E-state index contributed by atoms with van der Waals surface area (Å²) >= 11 is 1.51. The SMILES string of the molecule is C=C(C)C(=O)OC(C)(c1ccc(F)cc1)c1ccsc1. The van der Waals surface area contributed by atoms with Crippen LogP contribution in [0.4, 0.5) is 4.39 Å². The minimum absolute atomic E-state index is 0.326. The van der Waals surface area contributed by atoms with Crippen molar-refractivity contribution in [2.45, 2.75) is 19.4 Å². The second-order valence-electron chi connectivity index (χ2n) is 4.72. The van der Waals surface area contributed by atoms with Gasteiger partial charge in [-0.3, -0.25) is 0 Å². The molecule has 2 aromatic rings. The fourth-order valence-corrected chi connectivity index (χ4v) is 2.61. The summed E-state index contributed by atoms with van der Waals surface area (Å²) in [6, 6.07) is 7.85. The van der Waals surface area contributed by atoms with Crippen LogP contribution < -0.4 is 0 Å². The lowest BCUT2D eigenvalue weighted by molar-refractivity contribution is -0.150. The molecule has 1 unspecified atom stereocenters. The molecule has 0 saturated heterocycles. The molecule has 0 aliphatic heterocycles. The molecule has 0 amide bonds. The van der Waals surface area contributed by atoms with Crippen LogP contribution in [0, 0.1) is 5.82 Å². The third-order valence-corrected chi connectivity index (χ3v) is 3.80. The second kappa shape index (κ2) is 5.59. The van der Waals surface area contributed by atoms with Crippen LogP contribution in [-0.2, 0) is 15.1 Å². The number of hydrogen-bond donors (Lipinski definition) is 0. The Hall–Kier alpha value is -1.94. The van der Waals surface area contributed by atoms with E-state index in [1.807, 2.05) is 16.8 Å². The molecule has 0 spiro atoms. The van der Waals surface area contributed by atoms with E-state index in [4.69, 9.17) is 4.74 Å².